The molecule has 3 aromatic rings. The van der Waals surface area contributed by atoms with Gasteiger partial charge in [0.2, 0.25) is 5.91 Å². The summed E-state index contributed by atoms with van der Waals surface area (Å²) in [5.41, 5.74) is 3.31. The highest BCUT2D eigenvalue weighted by Gasteiger charge is 2.25. The number of nitrogens with zero attached hydrogens (tertiary/aromatic N) is 1. The predicted octanol–water partition coefficient (Wildman–Crippen LogP) is 4.85. The molecule has 3 rings (SSSR count). The molecule has 2 nitrogen and oxygen atoms in total. The van der Waals surface area contributed by atoms with Crippen LogP contribution in [0.1, 0.15) is 27.5 Å². The average Bonchev–Trinajstić information content (AvgIpc) is 3.02. The van der Waals surface area contributed by atoms with E-state index < -0.39 is 0 Å². The Hall–Kier alpha value is -2.39. The largest absolute Gasteiger partial charge is 0.340 e. The van der Waals surface area contributed by atoms with Crippen molar-refractivity contribution in [1.82, 2.24) is 4.90 Å². The molecule has 0 saturated heterocycles. The summed E-state index contributed by atoms with van der Waals surface area (Å²) in [5, 5.41) is 2.08. The Morgan fingerprint density at radius 2 is 1.50 bits per heavy atom. The van der Waals surface area contributed by atoms with Gasteiger partial charge in [-0.05, 0) is 35.1 Å². The van der Waals surface area contributed by atoms with Gasteiger partial charge in [-0.2, -0.15) is 0 Å². The summed E-state index contributed by atoms with van der Waals surface area (Å²) in [6.45, 7) is 2.74. The van der Waals surface area contributed by atoms with Gasteiger partial charge in [-0.25, -0.2) is 0 Å². The van der Waals surface area contributed by atoms with E-state index in [4.69, 9.17) is 0 Å². The van der Waals surface area contributed by atoms with Gasteiger partial charge in [0.05, 0.1) is 12.5 Å². The quantitative estimate of drug-likeness (QED) is 0.653. The van der Waals surface area contributed by atoms with Crippen LogP contribution in [0.4, 0.5) is 0 Å². The molecule has 24 heavy (non-hydrogen) atoms. The van der Waals surface area contributed by atoms with E-state index in [1.165, 1.54) is 10.4 Å². The molecule has 0 aliphatic carbocycles. The van der Waals surface area contributed by atoms with Gasteiger partial charge >= 0.3 is 0 Å². The van der Waals surface area contributed by atoms with Crippen LogP contribution in [-0.4, -0.2) is 17.9 Å². The molecular formula is C21H21NOS. The molecule has 0 saturated carbocycles. The minimum Gasteiger partial charge on any atom is -0.340 e. The molecule has 0 unspecified atom stereocenters. The molecule has 1 heterocycles. The summed E-state index contributed by atoms with van der Waals surface area (Å²) in [6, 6.07) is 22.1. The van der Waals surface area contributed by atoms with Gasteiger partial charge in [0, 0.05) is 11.9 Å². The average molecular weight is 335 g/mol. The lowest BCUT2D eigenvalue weighted by molar-refractivity contribution is -0.131. The van der Waals surface area contributed by atoms with E-state index in [1.807, 2.05) is 72.6 Å². The summed E-state index contributed by atoms with van der Waals surface area (Å²) < 4.78 is 0. The lowest BCUT2D eigenvalue weighted by Gasteiger charge is -2.24. The van der Waals surface area contributed by atoms with Gasteiger partial charge in [-0.15, -0.1) is 11.3 Å². The van der Waals surface area contributed by atoms with Crippen LogP contribution in [0.3, 0.4) is 0 Å². The van der Waals surface area contributed by atoms with E-state index >= 15 is 0 Å². The summed E-state index contributed by atoms with van der Waals surface area (Å²) in [4.78, 5) is 16.3. The van der Waals surface area contributed by atoms with Crippen molar-refractivity contribution in [3.63, 3.8) is 0 Å². The molecule has 2 aromatic carbocycles. The first-order valence-electron chi connectivity index (χ1n) is 8.04. The third kappa shape index (κ3) is 3.57. The first-order chi connectivity index (χ1) is 11.7. The van der Waals surface area contributed by atoms with Gasteiger partial charge in [0.1, 0.15) is 0 Å². The Bertz CT molecular complexity index is 755. The summed E-state index contributed by atoms with van der Waals surface area (Å²) in [7, 11) is 1.89. The minimum absolute atomic E-state index is 0.125. The number of benzene rings is 2. The lowest BCUT2D eigenvalue weighted by Crippen LogP contribution is -2.31. The molecule has 122 valence electrons. The van der Waals surface area contributed by atoms with Crippen LogP contribution in [0.2, 0.25) is 0 Å². The highest BCUT2D eigenvalue weighted by molar-refractivity contribution is 7.10. The SMILES string of the molecule is Cc1ccsc1CN(C)C(=O)C(c1ccccc1)c1ccccc1. The van der Waals surface area contributed by atoms with Crippen molar-refractivity contribution >= 4 is 17.2 Å². The smallest absolute Gasteiger partial charge is 0.234 e. The van der Waals surface area contributed by atoms with Crippen molar-refractivity contribution < 1.29 is 4.79 Å². The molecule has 0 radical (unpaired) electrons. The van der Waals surface area contributed by atoms with E-state index in [9.17, 15) is 4.79 Å². The fourth-order valence-electron chi connectivity index (χ4n) is 2.85. The number of likely N-dealkylation sites (N-methyl/N-ethyl adjacent to an activating group) is 1. The normalized spacial score (nSPS) is 10.8. The van der Waals surface area contributed by atoms with E-state index in [0.29, 0.717) is 6.54 Å². The van der Waals surface area contributed by atoms with E-state index in [2.05, 4.69) is 18.4 Å². The summed E-state index contributed by atoms with van der Waals surface area (Å²) >= 11 is 1.70. The fourth-order valence-corrected chi connectivity index (χ4v) is 3.81. The van der Waals surface area contributed by atoms with Crippen LogP contribution in [0.25, 0.3) is 0 Å². The molecule has 0 spiro atoms. The van der Waals surface area contributed by atoms with Gasteiger partial charge < -0.3 is 4.90 Å². The van der Waals surface area contributed by atoms with Crippen molar-refractivity contribution in [2.24, 2.45) is 0 Å². The van der Waals surface area contributed by atoms with Crippen molar-refractivity contribution in [3.8, 4) is 0 Å². The number of hydrogen-bond acceptors (Lipinski definition) is 2. The maximum Gasteiger partial charge on any atom is 0.234 e. The van der Waals surface area contributed by atoms with Crippen molar-refractivity contribution in [2.75, 3.05) is 7.05 Å². The van der Waals surface area contributed by atoms with E-state index in [0.717, 1.165) is 11.1 Å². The van der Waals surface area contributed by atoms with Crippen LogP contribution >= 0.6 is 11.3 Å². The van der Waals surface area contributed by atoms with Crippen molar-refractivity contribution in [3.05, 3.63) is 93.7 Å². The maximum absolute atomic E-state index is 13.2. The highest BCUT2D eigenvalue weighted by atomic mass is 32.1. The third-order valence-electron chi connectivity index (χ3n) is 4.24. The number of hydrogen-bond donors (Lipinski definition) is 0. The van der Waals surface area contributed by atoms with Crippen LogP contribution in [0.15, 0.2) is 72.1 Å². The standard InChI is InChI=1S/C21H21NOS/c1-16-13-14-24-19(16)15-22(2)21(23)20(17-9-5-3-6-10-17)18-11-7-4-8-12-18/h3-14,20H,15H2,1-2H3. The predicted molar refractivity (Wildman–Crippen MR) is 100 cm³/mol. The molecule has 0 N–H and O–H groups in total. The Balaban J connectivity index is 1.90. The third-order valence-corrected chi connectivity index (χ3v) is 5.25. The summed E-state index contributed by atoms with van der Waals surface area (Å²) in [5.74, 6) is -0.141. The van der Waals surface area contributed by atoms with Gasteiger partial charge in [-0.3, -0.25) is 4.79 Å². The van der Waals surface area contributed by atoms with Crippen molar-refractivity contribution in [1.29, 1.82) is 0 Å². The second kappa shape index (κ2) is 7.45. The zero-order valence-corrected chi connectivity index (χ0v) is 14.8. The monoisotopic (exact) mass is 335 g/mol. The molecule has 3 heteroatoms. The number of thiophene rings is 1. The molecule has 0 bridgehead atoms. The Morgan fingerprint density at radius 1 is 0.958 bits per heavy atom. The van der Waals surface area contributed by atoms with Crippen molar-refractivity contribution in [2.45, 2.75) is 19.4 Å². The van der Waals surface area contributed by atoms with Gasteiger partial charge in [0.15, 0.2) is 0 Å². The Labute approximate surface area is 147 Å². The second-order valence-corrected chi connectivity index (χ2v) is 6.98. The van der Waals surface area contributed by atoms with E-state index in [-0.39, 0.29) is 11.8 Å². The number of carbonyl (C=O) groups is 1. The minimum atomic E-state index is -0.266. The molecule has 0 atom stereocenters. The molecule has 0 aliphatic heterocycles. The Morgan fingerprint density at radius 3 is 1.96 bits per heavy atom. The number of aryl methyl sites for hydroxylation is 1. The Kier molecular flexibility index (Phi) is 5.11. The molecule has 1 amide bonds. The first kappa shape index (κ1) is 16.5. The topological polar surface area (TPSA) is 20.3 Å². The zero-order chi connectivity index (χ0) is 16.9. The molecule has 0 aliphatic rings. The number of carbonyl (C=O) groups excluding carboxylic acids is 1. The van der Waals surface area contributed by atoms with Crippen LogP contribution in [0, 0.1) is 6.92 Å². The van der Waals surface area contributed by atoms with Crippen LogP contribution in [0.5, 0.6) is 0 Å². The van der Waals surface area contributed by atoms with Crippen LogP contribution in [-0.2, 0) is 11.3 Å². The number of amides is 1. The summed E-state index contributed by atoms with van der Waals surface area (Å²) in [6.07, 6.45) is 0. The second-order valence-electron chi connectivity index (χ2n) is 5.98. The van der Waals surface area contributed by atoms with Gasteiger partial charge in [-0.1, -0.05) is 60.7 Å². The van der Waals surface area contributed by atoms with Crippen LogP contribution < -0.4 is 0 Å². The highest BCUT2D eigenvalue weighted by Crippen LogP contribution is 2.27. The maximum atomic E-state index is 13.2. The first-order valence-corrected chi connectivity index (χ1v) is 8.92. The zero-order valence-electron chi connectivity index (χ0n) is 14.0. The van der Waals surface area contributed by atoms with Gasteiger partial charge in [0.25, 0.3) is 0 Å². The number of rotatable bonds is 5. The molecule has 0 fully saturated rings. The molecular weight excluding hydrogens is 314 g/mol. The fraction of sp³-hybridized carbons (Fsp3) is 0.190. The van der Waals surface area contributed by atoms with E-state index in [1.54, 1.807) is 11.3 Å². The lowest BCUT2D eigenvalue weighted by atomic mass is 9.90. The molecule has 1 aromatic heterocycles.